The van der Waals surface area contributed by atoms with E-state index in [1.165, 1.54) is 17.5 Å². The van der Waals surface area contributed by atoms with Crippen molar-refractivity contribution in [1.82, 2.24) is 0 Å². The van der Waals surface area contributed by atoms with Crippen molar-refractivity contribution < 1.29 is 4.74 Å². The number of allylic oxidation sites excluding steroid dienone is 1. The molecule has 0 N–H and O–H groups in total. The fraction of sp³-hybridized carbons (Fsp3) is 0.467. The van der Waals surface area contributed by atoms with E-state index in [2.05, 4.69) is 38.1 Å². The first-order chi connectivity index (χ1) is 7.68. The number of ether oxygens (including phenoxy) is 1. The summed E-state index contributed by atoms with van der Waals surface area (Å²) in [7, 11) is 0. The van der Waals surface area contributed by atoms with Crippen molar-refractivity contribution in [3.05, 3.63) is 35.4 Å². The molecular formula is C15H16O. The Morgan fingerprint density at radius 1 is 1.38 bits per heavy atom. The number of aryl methyl sites for hydroxylation is 1. The standard InChI is InChI=1S/C15H16O/c1-9-3-4-14-12(5-9)11-6-10-7-15(10,2)13(11)8-16-14/h3-6,10,13H,7-8H2,1-2H3/t10-,13-,15+/m0/s1. The lowest BCUT2D eigenvalue weighted by molar-refractivity contribution is 0.220. The Hall–Kier alpha value is -1.24. The smallest absolute Gasteiger partial charge is 0.126 e. The summed E-state index contributed by atoms with van der Waals surface area (Å²) in [5, 5.41) is 0. The van der Waals surface area contributed by atoms with Crippen molar-refractivity contribution in [2.75, 3.05) is 6.61 Å². The minimum Gasteiger partial charge on any atom is -0.492 e. The van der Waals surface area contributed by atoms with E-state index in [1.807, 2.05) is 0 Å². The van der Waals surface area contributed by atoms with Crippen molar-refractivity contribution in [2.24, 2.45) is 17.3 Å². The van der Waals surface area contributed by atoms with Crippen LogP contribution in [0.15, 0.2) is 24.3 Å². The molecule has 0 spiro atoms. The first kappa shape index (κ1) is 8.86. The largest absolute Gasteiger partial charge is 0.492 e. The van der Waals surface area contributed by atoms with Gasteiger partial charge in [0.05, 0.1) is 6.61 Å². The fourth-order valence-electron chi connectivity index (χ4n) is 3.48. The average Bonchev–Trinajstić information content (AvgIpc) is 2.83. The van der Waals surface area contributed by atoms with Crippen LogP contribution in [0.4, 0.5) is 0 Å². The second-order valence-corrected chi connectivity index (χ2v) is 5.80. The third-order valence-corrected chi connectivity index (χ3v) is 4.75. The number of hydrogen-bond acceptors (Lipinski definition) is 1. The van der Waals surface area contributed by atoms with Crippen molar-refractivity contribution in [1.29, 1.82) is 0 Å². The van der Waals surface area contributed by atoms with E-state index in [-0.39, 0.29) is 0 Å². The normalized spacial score (nSPS) is 38.0. The van der Waals surface area contributed by atoms with Crippen LogP contribution in [0.1, 0.15) is 24.5 Å². The van der Waals surface area contributed by atoms with E-state index < -0.39 is 0 Å². The van der Waals surface area contributed by atoms with E-state index >= 15 is 0 Å². The Labute approximate surface area is 96.1 Å². The molecular weight excluding hydrogens is 196 g/mol. The monoisotopic (exact) mass is 212 g/mol. The zero-order valence-electron chi connectivity index (χ0n) is 9.79. The fourth-order valence-corrected chi connectivity index (χ4v) is 3.48. The summed E-state index contributed by atoms with van der Waals surface area (Å²) in [6, 6.07) is 6.53. The SMILES string of the molecule is Cc1ccc2c(c1)C1=C[C@H]3C[C@@]3(C)[C@H]1CO2. The lowest BCUT2D eigenvalue weighted by Gasteiger charge is -2.30. The molecule has 3 aliphatic rings. The van der Waals surface area contributed by atoms with Gasteiger partial charge >= 0.3 is 0 Å². The Kier molecular flexibility index (Phi) is 1.40. The molecule has 1 saturated carbocycles. The highest BCUT2D eigenvalue weighted by Crippen LogP contribution is 2.68. The molecule has 82 valence electrons. The summed E-state index contributed by atoms with van der Waals surface area (Å²) < 4.78 is 5.91. The van der Waals surface area contributed by atoms with E-state index in [0.717, 1.165) is 18.3 Å². The lowest BCUT2D eigenvalue weighted by Crippen LogP contribution is -2.24. The third kappa shape index (κ3) is 0.922. The number of rotatable bonds is 0. The summed E-state index contributed by atoms with van der Waals surface area (Å²) in [6.45, 7) is 5.45. The predicted molar refractivity (Wildman–Crippen MR) is 64.4 cm³/mol. The first-order valence-corrected chi connectivity index (χ1v) is 6.14. The molecule has 0 amide bonds. The van der Waals surface area contributed by atoms with Crippen LogP contribution in [-0.4, -0.2) is 6.61 Å². The van der Waals surface area contributed by atoms with E-state index in [1.54, 1.807) is 5.57 Å². The van der Waals surface area contributed by atoms with Crippen molar-refractivity contribution >= 4 is 5.57 Å². The molecule has 3 atom stereocenters. The van der Waals surface area contributed by atoms with Crippen LogP contribution in [0.25, 0.3) is 5.57 Å². The highest BCUT2D eigenvalue weighted by Gasteiger charge is 2.60. The van der Waals surface area contributed by atoms with Crippen LogP contribution in [0, 0.1) is 24.2 Å². The Morgan fingerprint density at radius 2 is 2.25 bits per heavy atom. The number of fused-ring (bicyclic) bond motifs is 5. The molecule has 0 bridgehead atoms. The topological polar surface area (TPSA) is 9.23 Å². The zero-order valence-corrected chi connectivity index (χ0v) is 9.79. The van der Waals surface area contributed by atoms with Crippen molar-refractivity contribution in [2.45, 2.75) is 20.3 Å². The molecule has 4 rings (SSSR count). The molecule has 0 aromatic heterocycles. The molecule has 0 saturated heterocycles. The maximum absolute atomic E-state index is 5.91. The van der Waals surface area contributed by atoms with Gasteiger partial charge in [-0.15, -0.1) is 0 Å². The summed E-state index contributed by atoms with van der Waals surface area (Å²) in [5.41, 5.74) is 4.76. The molecule has 16 heavy (non-hydrogen) atoms. The van der Waals surface area contributed by atoms with Crippen LogP contribution < -0.4 is 4.74 Å². The molecule has 1 aromatic rings. The van der Waals surface area contributed by atoms with Crippen molar-refractivity contribution in [3.8, 4) is 5.75 Å². The van der Waals surface area contributed by atoms with Crippen LogP contribution >= 0.6 is 0 Å². The van der Waals surface area contributed by atoms with Gasteiger partial charge in [0.25, 0.3) is 0 Å². The van der Waals surface area contributed by atoms with Crippen LogP contribution in [-0.2, 0) is 0 Å². The van der Waals surface area contributed by atoms with Crippen LogP contribution in [0.2, 0.25) is 0 Å². The lowest BCUT2D eigenvalue weighted by atomic mass is 9.83. The maximum Gasteiger partial charge on any atom is 0.126 e. The molecule has 1 fully saturated rings. The average molecular weight is 212 g/mol. The Bertz CT molecular complexity index is 514. The number of hydrogen-bond donors (Lipinski definition) is 0. The third-order valence-electron chi connectivity index (χ3n) is 4.75. The molecule has 0 radical (unpaired) electrons. The number of benzene rings is 1. The van der Waals surface area contributed by atoms with Gasteiger partial charge in [-0.2, -0.15) is 0 Å². The summed E-state index contributed by atoms with van der Waals surface area (Å²) >= 11 is 0. The Balaban J connectivity index is 1.89. The zero-order chi connectivity index (χ0) is 10.9. The minimum atomic E-state index is 0.525. The van der Waals surface area contributed by atoms with Gasteiger partial charge in [-0.25, -0.2) is 0 Å². The highest BCUT2D eigenvalue weighted by molar-refractivity contribution is 5.78. The summed E-state index contributed by atoms with van der Waals surface area (Å²) in [6.07, 6.45) is 3.87. The molecule has 0 unspecified atom stereocenters. The van der Waals surface area contributed by atoms with Crippen LogP contribution in [0.5, 0.6) is 5.75 Å². The first-order valence-electron chi connectivity index (χ1n) is 6.14. The van der Waals surface area contributed by atoms with Gasteiger partial charge < -0.3 is 4.74 Å². The second-order valence-electron chi connectivity index (χ2n) is 5.80. The van der Waals surface area contributed by atoms with Gasteiger partial charge in [-0.05, 0) is 42.4 Å². The molecule has 1 nitrogen and oxygen atoms in total. The molecule has 1 heterocycles. The Morgan fingerprint density at radius 3 is 3.12 bits per heavy atom. The molecule has 2 aliphatic carbocycles. The van der Waals surface area contributed by atoms with Gasteiger partial charge in [-0.3, -0.25) is 0 Å². The van der Waals surface area contributed by atoms with E-state index in [0.29, 0.717) is 11.3 Å². The maximum atomic E-state index is 5.91. The minimum absolute atomic E-state index is 0.525. The van der Waals surface area contributed by atoms with Crippen LogP contribution in [0.3, 0.4) is 0 Å². The van der Waals surface area contributed by atoms with Gasteiger partial charge in [-0.1, -0.05) is 24.6 Å². The molecule has 1 heteroatoms. The molecule has 1 aromatic carbocycles. The predicted octanol–water partition coefficient (Wildman–Crippen LogP) is 3.43. The molecule has 1 aliphatic heterocycles. The van der Waals surface area contributed by atoms with Crippen molar-refractivity contribution in [3.63, 3.8) is 0 Å². The summed E-state index contributed by atoms with van der Waals surface area (Å²) in [4.78, 5) is 0. The van der Waals surface area contributed by atoms with Gasteiger partial charge in [0.15, 0.2) is 0 Å². The van der Waals surface area contributed by atoms with E-state index in [4.69, 9.17) is 4.74 Å². The quantitative estimate of drug-likeness (QED) is 0.640. The van der Waals surface area contributed by atoms with Gasteiger partial charge in [0.1, 0.15) is 5.75 Å². The van der Waals surface area contributed by atoms with E-state index in [9.17, 15) is 0 Å². The van der Waals surface area contributed by atoms with Gasteiger partial charge in [0.2, 0.25) is 0 Å². The van der Waals surface area contributed by atoms with Gasteiger partial charge in [0, 0.05) is 11.5 Å². The second kappa shape index (κ2) is 2.53. The highest BCUT2D eigenvalue weighted by atomic mass is 16.5. The summed E-state index contributed by atoms with van der Waals surface area (Å²) in [5.74, 6) is 2.55.